The number of hydrogen-bond donors (Lipinski definition) is 3. The lowest BCUT2D eigenvalue weighted by Crippen LogP contribution is -2.36. The summed E-state index contributed by atoms with van der Waals surface area (Å²) in [6.45, 7) is 3.39. The number of fused-ring (bicyclic) bond motifs is 2. The molecule has 26 heavy (non-hydrogen) atoms. The molecule has 2 amide bonds. The minimum Gasteiger partial charge on any atom is -0.351 e. The molecule has 1 aromatic carbocycles. The second-order valence-corrected chi connectivity index (χ2v) is 7.11. The molecule has 0 saturated heterocycles. The van der Waals surface area contributed by atoms with Crippen LogP contribution in [-0.4, -0.2) is 45.0 Å². The molecule has 3 aromatic rings. The first-order valence-electron chi connectivity index (χ1n) is 8.49. The van der Waals surface area contributed by atoms with E-state index in [9.17, 15) is 9.59 Å². The molecule has 3 heterocycles. The van der Waals surface area contributed by atoms with E-state index >= 15 is 0 Å². The quantitative estimate of drug-likeness (QED) is 0.613. The lowest BCUT2D eigenvalue weighted by molar-refractivity contribution is 0.0727. The van der Waals surface area contributed by atoms with E-state index in [1.807, 2.05) is 31.2 Å². The predicted molar refractivity (Wildman–Crippen MR) is 101 cm³/mol. The van der Waals surface area contributed by atoms with E-state index in [0.717, 1.165) is 26.6 Å². The van der Waals surface area contributed by atoms with Crippen molar-refractivity contribution in [1.82, 2.24) is 25.4 Å². The third-order valence-corrected chi connectivity index (χ3v) is 5.27. The number of aromatic amines is 2. The predicted octanol–water partition coefficient (Wildman–Crippen LogP) is 2.60. The zero-order chi connectivity index (χ0) is 18.3. The van der Waals surface area contributed by atoms with Gasteiger partial charge < -0.3 is 15.2 Å². The Kier molecular flexibility index (Phi) is 4.28. The van der Waals surface area contributed by atoms with E-state index in [1.165, 1.54) is 0 Å². The minimum absolute atomic E-state index is 0.0621. The third kappa shape index (κ3) is 2.80. The molecule has 1 aliphatic rings. The molecule has 3 N–H and O–H groups in total. The van der Waals surface area contributed by atoms with Crippen molar-refractivity contribution in [3.8, 4) is 0 Å². The summed E-state index contributed by atoms with van der Waals surface area (Å²) < 4.78 is 0.926. The molecule has 0 unspecified atom stereocenters. The molecule has 4 rings (SSSR count). The number of carbonyl (C=O) groups excluding carboxylic acids is 2. The number of amides is 2. The maximum atomic E-state index is 12.9. The number of H-pyrrole nitrogens is 2. The van der Waals surface area contributed by atoms with Crippen LogP contribution in [0, 0.1) is 0 Å². The molecule has 2 aromatic heterocycles. The smallest absolute Gasteiger partial charge is 0.272 e. The van der Waals surface area contributed by atoms with Crippen molar-refractivity contribution in [3.63, 3.8) is 0 Å². The zero-order valence-corrected chi connectivity index (χ0v) is 15.8. The summed E-state index contributed by atoms with van der Waals surface area (Å²) in [7, 11) is 0. The first-order chi connectivity index (χ1) is 12.6. The molecule has 0 fully saturated rings. The highest BCUT2D eigenvalue weighted by molar-refractivity contribution is 9.10. The van der Waals surface area contributed by atoms with Crippen LogP contribution in [0.5, 0.6) is 0 Å². The lowest BCUT2D eigenvalue weighted by Gasteiger charge is -2.26. The number of hydrogen-bond acceptors (Lipinski definition) is 3. The van der Waals surface area contributed by atoms with Gasteiger partial charge in [-0.1, -0.05) is 12.1 Å². The van der Waals surface area contributed by atoms with Gasteiger partial charge >= 0.3 is 0 Å². The van der Waals surface area contributed by atoms with Crippen LogP contribution >= 0.6 is 15.9 Å². The number of rotatable bonds is 3. The summed E-state index contributed by atoms with van der Waals surface area (Å²) in [5, 5.41) is 10.8. The second-order valence-electron chi connectivity index (χ2n) is 6.25. The first kappa shape index (κ1) is 16.8. The molecule has 134 valence electrons. The molecule has 0 bridgehead atoms. The molecule has 0 saturated carbocycles. The minimum atomic E-state index is -0.176. The van der Waals surface area contributed by atoms with Gasteiger partial charge in [-0.3, -0.25) is 14.7 Å². The molecule has 0 radical (unpaired) electrons. The summed E-state index contributed by atoms with van der Waals surface area (Å²) in [6, 6.07) is 7.71. The van der Waals surface area contributed by atoms with Crippen molar-refractivity contribution in [2.24, 2.45) is 0 Å². The highest BCUT2D eigenvalue weighted by Crippen LogP contribution is 2.26. The molecule has 7 nitrogen and oxygen atoms in total. The molecule has 0 spiro atoms. The highest BCUT2D eigenvalue weighted by Gasteiger charge is 2.28. The molecular formula is C18H18BrN5O2. The Labute approximate surface area is 158 Å². The Morgan fingerprint density at radius 2 is 2.23 bits per heavy atom. The van der Waals surface area contributed by atoms with E-state index in [2.05, 4.69) is 36.4 Å². The van der Waals surface area contributed by atoms with E-state index in [1.54, 1.807) is 4.90 Å². The molecule has 8 heteroatoms. The number of benzene rings is 1. The van der Waals surface area contributed by atoms with Gasteiger partial charge in [0.05, 0.1) is 17.8 Å². The molecule has 0 atom stereocenters. The van der Waals surface area contributed by atoms with Gasteiger partial charge in [0.25, 0.3) is 11.8 Å². The Morgan fingerprint density at radius 3 is 3.00 bits per heavy atom. The van der Waals surface area contributed by atoms with Crippen LogP contribution < -0.4 is 5.32 Å². The summed E-state index contributed by atoms with van der Waals surface area (Å²) in [5.41, 5.74) is 3.62. The average Bonchev–Trinajstić information content (AvgIpc) is 3.25. The van der Waals surface area contributed by atoms with Crippen LogP contribution in [0.1, 0.15) is 39.2 Å². The summed E-state index contributed by atoms with van der Waals surface area (Å²) in [6.07, 6.45) is 0.605. The second kappa shape index (κ2) is 6.60. The van der Waals surface area contributed by atoms with Gasteiger partial charge in [0, 0.05) is 28.5 Å². The summed E-state index contributed by atoms with van der Waals surface area (Å²) in [5.74, 6) is -0.238. The Hall–Kier alpha value is -2.61. The van der Waals surface area contributed by atoms with Crippen molar-refractivity contribution in [1.29, 1.82) is 0 Å². The lowest BCUT2D eigenvalue weighted by atomic mass is 10.0. The Balaban J connectivity index is 1.57. The van der Waals surface area contributed by atoms with Crippen LogP contribution in [0.4, 0.5) is 0 Å². The fourth-order valence-corrected chi connectivity index (χ4v) is 3.81. The fraction of sp³-hybridized carbons (Fsp3) is 0.278. The van der Waals surface area contributed by atoms with Crippen molar-refractivity contribution in [2.45, 2.75) is 19.9 Å². The van der Waals surface area contributed by atoms with E-state index < -0.39 is 0 Å². The molecule has 1 aliphatic heterocycles. The average molecular weight is 416 g/mol. The highest BCUT2D eigenvalue weighted by atomic mass is 79.9. The van der Waals surface area contributed by atoms with Crippen LogP contribution in [0.2, 0.25) is 0 Å². The molecule has 0 aliphatic carbocycles. The monoisotopic (exact) mass is 415 g/mol. The number of nitrogens with one attached hydrogen (secondary N) is 3. The number of para-hydroxylation sites is 1. The van der Waals surface area contributed by atoms with Crippen molar-refractivity contribution >= 4 is 38.6 Å². The van der Waals surface area contributed by atoms with E-state index in [0.29, 0.717) is 37.4 Å². The van der Waals surface area contributed by atoms with E-state index in [-0.39, 0.29) is 11.8 Å². The van der Waals surface area contributed by atoms with Crippen LogP contribution in [-0.2, 0) is 13.0 Å². The third-order valence-electron chi connectivity index (χ3n) is 4.61. The van der Waals surface area contributed by atoms with Crippen LogP contribution in [0.25, 0.3) is 10.9 Å². The first-order valence-corrected chi connectivity index (χ1v) is 9.28. The SMILES string of the molecule is CCNC(=O)c1n[nH]c2c1CCN(C(=O)c1cc3cccc(Br)c3[nH]1)C2. The number of carbonyl (C=O) groups is 2. The van der Waals surface area contributed by atoms with E-state index in [4.69, 9.17) is 0 Å². The Bertz CT molecular complexity index is 1010. The van der Waals surface area contributed by atoms with Gasteiger partial charge in [-0.2, -0.15) is 5.10 Å². The standard InChI is InChI=1S/C18H18BrN5O2/c1-2-20-17(25)16-11-6-7-24(9-14(11)22-23-16)18(26)13-8-10-4-3-5-12(19)15(10)21-13/h3-5,8,21H,2,6-7,9H2,1H3,(H,20,25)(H,22,23). The van der Waals surface area contributed by atoms with Gasteiger partial charge in [0.15, 0.2) is 5.69 Å². The topological polar surface area (TPSA) is 93.9 Å². The van der Waals surface area contributed by atoms with Gasteiger partial charge in [-0.15, -0.1) is 0 Å². The van der Waals surface area contributed by atoms with Crippen LogP contribution in [0.3, 0.4) is 0 Å². The largest absolute Gasteiger partial charge is 0.351 e. The number of nitrogens with zero attached hydrogens (tertiary/aromatic N) is 2. The number of halogens is 1. The van der Waals surface area contributed by atoms with Crippen molar-refractivity contribution in [2.75, 3.05) is 13.1 Å². The molecular weight excluding hydrogens is 398 g/mol. The van der Waals surface area contributed by atoms with Gasteiger partial charge in [-0.05, 0) is 41.4 Å². The van der Waals surface area contributed by atoms with Gasteiger partial charge in [-0.25, -0.2) is 0 Å². The van der Waals surface area contributed by atoms with Crippen molar-refractivity contribution < 1.29 is 9.59 Å². The Morgan fingerprint density at radius 1 is 1.38 bits per heavy atom. The maximum absolute atomic E-state index is 12.9. The van der Waals surface area contributed by atoms with Gasteiger partial charge in [0.1, 0.15) is 5.69 Å². The van der Waals surface area contributed by atoms with Gasteiger partial charge in [0.2, 0.25) is 0 Å². The summed E-state index contributed by atoms with van der Waals surface area (Å²) in [4.78, 5) is 29.9. The normalized spacial score (nSPS) is 13.7. The maximum Gasteiger partial charge on any atom is 0.272 e. The number of aromatic nitrogens is 3. The fourth-order valence-electron chi connectivity index (χ4n) is 3.33. The summed E-state index contributed by atoms with van der Waals surface area (Å²) >= 11 is 3.50. The van der Waals surface area contributed by atoms with Crippen LogP contribution in [0.15, 0.2) is 28.7 Å². The van der Waals surface area contributed by atoms with Crippen molar-refractivity contribution in [3.05, 3.63) is 51.4 Å². The zero-order valence-electron chi connectivity index (χ0n) is 14.2.